The Morgan fingerprint density at radius 1 is 1.50 bits per heavy atom. The minimum atomic E-state index is -0.365. The van der Waals surface area contributed by atoms with Crippen molar-refractivity contribution in [3.63, 3.8) is 0 Å². The van der Waals surface area contributed by atoms with Gasteiger partial charge >= 0.3 is 0 Å². The number of ether oxygens (including phenoxy) is 1. The van der Waals surface area contributed by atoms with Crippen LogP contribution in [-0.2, 0) is 11.3 Å². The van der Waals surface area contributed by atoms with E-state index in [1.165, 1.54) is 0 Å². The van der Waals surface area contributed by atoms with Crippen LogP contribution in [0, 0.1) is 0 Å². The largest absolute Gasteiger partial charge is 0.395 e. The van der Waals surface area contributed by atoms with Crippen LogP contribution >= 0.6 is 12.6 Å². The summed E-state index contributed by atoms with van der Waals surface area (Å²) >= 11 is 4.41. The van der Waals surface area contributed by atoms with Gasteiger partial charge in [0, 0.05) is 19.3 Å². The molecule has 0 fully saturated rings. The molecule has 2 N–H and O–H groups in total. The van der Waals surface area contributed by atoms with Crippen LogP contribution in [0.1, 0.15) is 24.3 Å². The highest BCUT2D eigenvalue weighted by molar-refractivity contribution is 7.81. The van der Waals surface area contributed by atoms with Crippen LogP contribution in [0.5, 0.6) is 0 Å². The summed E-state index contributed by atoms with van der Waals surface area (Å²) < 4.78 is 7.30. The number of nitrogens with one attached hydrogen (secondary N) is 1. The van der Waals surface area contributed by atoms with Crippen molar-refractivity contribution in [3.8, 4) is 0 Å². The molecule has 0 bridgehead atoms. The lowest BCUT2D eigenvalue weighted by Crippen LogP contribution is -2.51. The number of carbonyl (C=O) groups is 1. The highest BCUT2D eigenvalue weighted by Gasteiger charge is 2.31. The van der Waals surface area contributed by atoms with Gasteiger partial charge in [-0.25, -0.2) is 0 Å². The number of hydrogen-bond acceptors (Lipinski definition) is 5. The first-order valence-corrected chi connectivity index (χ1v) is 7.23. The Hall–Kier alpha value is -1.18. The number of aliphatic hydroxyl groups is 1. The number of rotatable bonds is 6. The van der Waals surface area contributed by atoms with E-state index in [-0.39, 0.29) is 24.1 Å². The van der Waals surface area contributed by atoms with Gasteiger partial charge in [-0.3, -0.25) is 4.79 Å². The van der Waals surface area contributed by atoms with Gasteiger partial charge in [0.2, 0.25) is 0 Å². The van der Waals surface area contributed by atoms with Gasteiger partial charge < -0.3 is 24.6 Å². The summed E-state index contributed by atoms with van der Waals surface area (Å²) in [6.45, 7) is 5.57. The molecule has 1 unspecified atom stereocenters. The van der Waals surface area contributed by atoms with E-state index in [0.717, 1.165) is 5.69 Å². The van der Waals surface area contributed by atoms with Gasteiger partial charge in [-0.15, -0.1) is 12.6 Å². The zero-order valence-corrected chi connectivity index (χ0v) is 12.6. The molecule has 0 saturated heterocycles. The van der Waals surface area contributed by atoms with E-state index in [4.69, 9.17) is 9.84 Å². The Morgan fingerprint density at radius 3 is 2.90 bits per heavy atom. The number of anilines is 1. The summed E-state index contributed by atoms with van der Waals surface area (Å²) in [5.74, 6) is -0.167. The molecule has 1 aromatic rings. The van der Waals surface area contributed by atoms with Crippen LogP contribution in [0.2, 0.25) is 0 Å². The van der Waals surface area contributed by atoms with Crippen molar-refractivity contribution in [3.05, 3.63) is 18.0 Å². The molecule has 7 heteroatoms. The Morgan fingerprint density at radius 2 is 2.25 bits per heavy atom. The lowest BCUT2D eigenvalue weighted by molar-refractivity contribution is 0.0816. The van der Waals surface area contributed by atoms with Crippen molar-refractivity contribution in [2.24, 2.45) is 0 Å². The Kier molecular flexibility index (Phi) is 4.95. The van der Waals surface area contributed by atoms with E-state index in [2.05, 4.69) is 17.9 Å². The molecular weight excluding hydrogens is 278 g/mol. The fourth-order valence-electron chi connectivity index (χ4n) is 2.26. The Bertz CT molecular complexity index is 475. The molecule has 6 nitrogen and oxygen atoms in total. The normalized spacial score (nSPS) is 18.4. The molecule has 0 aliphatic carbocycles. The average Bonchev–Trinajstić information content (AvgIpc) is 2.77. The topological polar surface area (TPSA) is 66.7 Å². The third kappa shape index (κ3) is 3.11. The van der Waals surface area contributed by atoms with Gasteiger partial charge in [0.15, 0.2) is 0 Å². The fourth-order valence-corrected chi connectivity index (χ4v) is 2.62. The maximum Gasteiger partial charge on any atom is 0.272 e. The number of hydrogen-bond donors (Lipinski definition) is 3. The average molecular weight is 299 g/mol. The summed E-state index contributed by atoms with van der Waals surface area (Å²) in [6, 6.07) is 1.88. The van der Waals surface area contributed by atoms with Crippen molar-refractivity contribution >= 4 is 24.2 Å². The minimum Gasteiger partial charge on any atom is -0.395 e. The van der Waals surface area contributed by atoms with E-state index >= 15 is 0 Å². The van der Waals surface area contributed by atoms with Crippen molar-refractivity contribution in [2.45, 2.75) is 32.0 Å². The number of carbonyl (C=O) groups excluding carboxylic acids is 1. The molecule has 1 aromatic heterocycles. The van der Waals surface area contributed by atoms with Crippen LogP contribution in [0.25, 0.3) is 0 Å². The van der Waals surface area contributed by atoms with Gasteiger partial charge in [0.1, 0.15) is 11.2 Å². The lowest BCUT2D eigenvalue weighted by atomic mass is 10.2. The van der Waals surface area contributed by atoms with Gasteiger partial charge in [-0.05, 0) is 19.9 Å². The van der Waals surface area contributed by atoms with Crippen LogP contribution in [-0.4, -0.2) is 46.9 Å². The summed E-state index contributed by atoms with van der Waals surface area (Å²) in [4.78, 5) is 14.0. The van der Waals surface area contributed by atoms with Crippen molar-refractivity contribution < 1.29 is 14.6 Å². The highest BCUT2D eigenvalue weighted by atomic mass is 32.1. The standard InChI is InChI=1S/C13H21N3O3S/c1-9(2)19-8-6-16-10-3-4-15(5-7-17)11(10)12(18)14-13(16)20/h3-4,9,13,17,20H,5-8H2,1-2H3,(H,14,18). The van der Waals surface area contributed by atoms with E-state index in [9.17, 15) is 4.79 Å². The van der Waals surface area contributed by atoms with Crippen LogP contribution in [0.15, 0.2) is 12.3 Å². The molecule has 112 valence electrons. The number of aromatic nitrogens is 1. The van der Waals surface area contributed by atoms with Crippen molar-refractivity contribution in [2.75, 3.05) is 24.7 Å². The van der Waals surface area contributed by atoms with Gasteiger partial charge in [0.05, 0.1) is 25.0 Å². The molecule has 0 radical (unpaired) electrons. The predicted octanol–water partition coefficient (Wildman–Crippen LogP) is 0.669. The number of nitrogens with zero attached hydrogens (tertiary/aromatic N) is 2. The number of aliphatic hydroxyl groups excluding tert-OH is 1. The van der Waals surface area contributed by atoms with Gasteiger partial charge in [-0.2, -0.15) is 0 Å². The molecule has 2 rings (SSSR count). The molecule has 0 aromatic carbocycles. The third-order valence-electron chi connectivity index (χ3n) is 3.15. The van der Waals surface area contributed by atoms with Crippen molar-refractivity contribution in [1.82, 2.24) is 9.88 Å². The quantitative estimate of drug-likeness (QED) is 0.676. The number of amides is 1. The third-order valence-corrected chi connectivity index (χ3v) is 3.55. The SMILES string of the molecule is CC(C)OCCN1c2ccn(CCO)c2C(=O)NC1S. The molecule has 1 atom stereocenters. The number of thiol groups is 1. The van der Waals surface area contributed by atoms with Crippen LogP contribution < -0.4 is 10.2 Å². The first kappa shape index (κ1) is 15.2. The summed E-state index contributed by atoms with van der Waals surface area (Å²) in [5.41, 5.74) is 1.03. The maximum absolute atomic E-state index is 12.1. The zero-order chi connectivity index (χ0) is 14.7. The number of fused-ring (bicyclic) bond motifs is 1. The molecule has 1 amide bonds. The fraction of sp³-hybridized carbons (Fsp3) is 0.615. The van der Waals surface area contributed by atoms with E-state index in [0.29, 0.717) is 25.4 Å². The summed E-state index contributed by atoms with van der Waals surface area (Å²) in [6.07, 6.45) is 1.98. The zero-order valence-electron chi connectivity index (χ0n) is 11.7. The molecule has 2 heterocycles. The summed E-state index contributed by atoms with van der Waals surface area (Å²) in [5, 5.41) is 11.8. The first-order valence-electron chi connectivity index (χ1n) is 6.71. The van der Waals surface area contributed by atoms with E-state index in [1.54, 1.807) is 4.57 Å². The highest BCUT2D eigenvalue weighted by Crippen LogP contribution is 2.28. The second-order valence-electron chi connectivity index (χ2n) is 4.93. The molecule has 0 spiro atoms. The first-order chi connectivity index (χ1) is 9.54. The second kappa shape index (κ2) is 6.51. The molecule has 20 heavy (non-hydrogen) atoms. The summed E-state index contributed by atoms with van der Waals surface area (Å²) in [7, 11) is 0. The Labute approximate surface area is 124 Å². The molecular formula is C13H21N3O3S. The van der Waals surface area contributed by atoms with E-state index < -0.39 is 0 Å². The second-order valence-corrected chi connectivity index (χ2v) is 5.42. The van der Waals surface area contributed by atoms with Crippen LogP contribution in [0.4, 0.5) is 5.69 Å². The minimum absolute atomic E-state index is 0.00480. The van der Waals surface area contributed by atoms with E-state index in [1.807, 2.05) is 31.0 Å². The molecule has 1 aliphatic heterocycles. The lowest BCUT2D eigenvalue weighted by Gasteiger charge is -2.35. The molecule has 0 saturated carbocycles. The monoisotopic (exact) mass is 299 g/mol. The predicted molar refractivity (Wildman–Crippen MR) is 80.2 cm³/mol. The smallest absolute Gasteiger partial charge is 0.272 e. The molecule has 1 aliphatic rings. The Balaban J connectivity index is 2.18. The van der Waals surface area contributed by atoms with Gasteiger partial charge in [0.25, 0.3) is 5.91 Å². The maximum atomic E-state index is 12.1. The van der Waals surface area contributed by atoms with Crippen LogP contribution in [0.3, 0.4) is 0 Å². The van der Waals surface area contributed by atoms with Crippen molar-refractivity contribution in [1.29, 1.82) is 0 Å². The van der Waals surface area contributed by atoms with Gasteiger partial charge in [-0.1, -0.05) is 0 Å².